The number of hydrogen-bond acceptors (Lipinski definition) is 1. The second kappa shape index (κ2) is 5.59. The van der Waals surface area contributed by atoms with Gasteiger partial charge in [-0.2, -0.15) is 0 Å². The maximum absolute atomic E-state index is 13.1. The zero-order valence-corrected chi connectivity index (χ0v) is 11.5. The molecule has 0 aliphatic rings. The lowest BCUT2D eigenvalue weighted by Gasteiger charge is -2.08. The van der Waals surface area contributed by atoms with Crippen LogP contribution in [-0.4, -0.2) is 5.91 Å². The van der Waals surface area contributed by atoms with E-state index < -0.39 is 0 Å². The fourth-order valence-corrected chi connectivity index (χ4v) is 1.91. The Kier molecular flexibility index (Phi) is 4.08. The van der Waals surface area contributed by atoms with Crippen LogP contribution in [0.3, 0.4) is 0 Å². The number of hydrogen-bond donors (Lipinski definition) is 1. The summed E-state index contributed by atoms with van der Waals surface area (Å²) in [7, 11) is 0. The molecular formula is C14H10Cl2FNO. The lowest BCUT2D eigenvalue weighted by molar-refractivity contribution is 0.102. The predicted molar refractivity (Wildman–Crippen MR) is 75.6 cm³/mol. The van der Waals surface area contributed by atoms with E-state index in [1.807, 2.05) is 0 Å². The maximum atomic E-state index is 13.1. The van der Waals surface area contributed by atoms with Crippen LogP contribution in [0.2, 0.25) is 10.0 Å². The highest BCUT2D eigenvalue weighted by Gasteiger charge is 2.10. The summed E-state index contributed by atoms with van der Waals surface area (Å²) in [6.07, 6.45) is 0. The van der Waals surface area contributed by atoms with E-state index in [4.69, 9.17) is 23.2 Å². The molecule has 0 saturated heterocycles. The molecule has 0 bridgehead atoms. The number of aryl methyl sites for hydroxylation is 1. The smallest absolute Gasteiger partial charge is 0.255 e. The van der Waals surface area contributed by atoms with Crippen molar-refractivity contribution in [2.75, 3.05) is 5.32 Å². The lowest BCUT2D eigenvalue weighted by Crippen LogP contribution is -2.12. The van der Waals surface area contributed by atoms with E-state index in [0.29, 0.717) is 26.9 Å². The van der Waals surface area contributed by atoms with Crippen LogP contribution in [0, 0.1) is 12.7 Å². The van der Waals surface area contributed by atoms with Crippen molar-refractivity contribution in [2.24, 2.45) is 0 Å². The first-order chi connectivity index (χ1) is 8.97. The van der Waals surface area contributed by atoms with Gasteiger partial charge < -0.3 is 5.32 Å². The molecule has 2 rings (SSSR count). The molecule has 0 aliphatic heterocycles. The summed E-state index contributed by atoms with van der Waals surface area (Å²) in [6.45, 7) is 1.60. The number of rotatable bonds is 2. The first kappa shape index (κ1) is 13.8. The van der Waals surface area contributed by atoms with Gasteiger partial charge in [-0.1, -0.05) is 23.2 Å². The van der Waals surface area contributed by atoms with Crippen LogP contribution in [0.4, 0.5) is 10.1 Å². The second-order valence-corrected chi connectivity index (χ2v) is 4.89. The van der Waals surface area contributed by atoms with Gasteiger partial charge >= 0.3 is 0 Å². The summed E-state index contributed by atoms with van der Waals surface area (Å²) in [5.74, 6) is -0.718. The highest BCUT2D eigenvalue weighted by Crippen LogP contribution is 2.26. The van der Waals surface area contributed by atoms with Gasteiger partial charge in [-0.25, -0.2) is 4.39 Å². The van der Waals surface area contributed by atoms with E-state index in [-0.39, 0.29) is 11.7 Å². The van der Waals surface area contributed by atoms with Crippen molar-refractivity contribution < 1.29 is 9.18 Å². The predicted octanol–water partition coefficient (Wildman–Crippen LogP) is 4.69. The van der Waals surface area contributed by atoms with E-state index in [1.54, 1.807) is 25.1 Å². The molecule has 0 fully saturated rings. The van der Waals surface area contributed by atoms with Crippen LogP contribution >= 0.6 is 23.2 Å². The van der Waals surface area contributed by atoms with Gasteiger partial charge in [-0.3, -0.25) is 4.79 Å². The summed E-state index contributed by atoms with van der Waals surface area (Å²) in [5.41, 5.74) is 1.18. The Labute approximate surface area is 120 Å². The Balaban J connectivity index is 2.25. The molecule has 0 aromatic heterocycles. The van der Waals surface area contributed by atoms with Crippen molar-refractivity contribution in [2.45, 2.75) is 6.92 Å². The highest BCUT2D eigenvalue weighted by molar-refractivity contribution is 6.35. The van der Waals surface area contributed by atoms with E-state index >= 15 is 0 Å². The molecule has 1 N–H and O–H groups in total. The molecule has 2 aromatic rings. The van der Waals surface area contributed by atoms with Crippen molar-refractivity contribution in [3.63, 3.8) is 0 Å². The fourth-order valence-electron chi connectivity index (χ4n) is 1.57. The van der Waals surface area contributed by atoms with E-state index in [9.17, 15) is 9.18 Å². The van der Waals surface area contributed by atoms with Crippen molar-refractivity contribution in [1.29, 1.82) is 0 Å². The Morgan fingerprint density at radius 1 is 1.16 bits per heavy atom. The maximum Gasteiger partial charge on any atom is 0.255 e. The van der Waals surface area contributed by atoms with Gasteiger partial charge in [0.1, 0.15) is 5.82 Å². The summed E-state index contributed by atoms with van der Waals surface area (Å²) in [6, 6.07) is 8.91. The minimum Gasteiger partial charge on any atom is -0.321 e. The van der Waals surface area contributed by atoms with Crippen LogP contribution in [0.1, 0.15) is 15.9 Å². The second-order valence-electron chi connectivity index (χ2n) is 4.04. The van der Waals surface area contributed by atoms with Gasteiger partial charge in [-0.15, -0.1) is 0 Å². The van der Waals surface area contributed by atoms with Gasteiger partial charge in [0.25, 0.3) is 5.91 Å². The molecule has 0 atom stereocenters. The van der Waals surface area contributed by atoms with Gasteiger partial charge in [0.15, 0.2) is 0 Å². The van der Waals surface area contributed by atoms with Gasteiger partial charge in [-0.05, 0) is 48.9 Å². The molecule has 2 nitrogen and oxygen atoms in total. The molecule has 0 heterocycles. The number of nitrogens with one attached hydrogen (secondary N) is 1. The van der Waals surface area contributed by atoms with Crippen molar-refractivity contribution in [3.8, 4) is 0 Å². The van der Waals surface area contributed by atoms with Crippen molar-refractivity contribution in [1.82, 2.24) is 0 Å². The van der Waals surface area contributed by atoms with E-state index in [2.05, 4.69) is 5.32 Å². The number of halogens is 3. The molecule has 0 spiro atoms. The van der Waals surface area contributed by atoms with Crippen molar-refractivity contribution >= 4 is 34.8 Å². The monoisotopic (exact) mass is 297 g/mol. The topological polar surface area (TPSA) is 29.1 Å². The summed E-state index contributed by atoms with van der Waals surface area (Å²) < 4.78 is 13.1. The number of benzene rings is 2. The first-order valence-electron chi connectivity index (χ1n) is 5.50. The number of carbonyl (C=O) groups is 1. The Morgan fingerprint density at radius 2 is 1.89 bits per heavy atom. The molecule has 0 unspecified atom stereocenters. The third kappa shape index (κ3) is 3.25. The standard InChI is InChI=1S/C14H10Cl2FNO/c1-8-6-9(2-5-12(8)17)14(19)18-13-7-10(15)3-4-11(13)16/h2-7H,1H3,(H,18,19). The highest BCUT2D eigenvalue weighted by atomic mass is 35.5. The third-order valence-corrected chi connectivity index (χ3v) is 3.16. The zero-order valence-electron chi connectivity index (χ0n) is 10.0. The summed E-state index contributed by atoms with van der Waals surface area (Å²) in [4.78, 5) is 12.0. The van der Waals surface area contributed by atoms with Crippen LogP contribution in [0.5, 0.6) is 0 Å². The average Bonchev–Trinajstić information content (AvgIpc) is 2.37. The molecular weight excluding hydrogens is 288 g/mol. The van der Waals surface area contributed by atoms with Crippen LogP contribution in [0.15, 0.2) is 36.4 Å². The Morgan fingerprint density at radius 3 is 2.58 bits per heavy atom. The van der Waals surface area contributed by atoms with Crippen LogP contribution in [-0.2, 0) is 0 Å². The quantitative estimate of drug-likeness (QED) is 0.856. The Hall–Kier alpha value is -1.58. The molecule has 5 heteroatoms. The molecule has 0 radical (unpaired) electrons. The Bertz CT molecular complexity index is 643. The molecule has 1 amide bonds. The van der Waals surface area contributed by atoms with Crippen LogP contribution in [0.25, 0.3) is 0 Å². The van der Waals surface area contributed by atoms with Gasteiger partial charge in [0.05, 0.1) is 10.7 Å². The summed E-state index contributed by atoms with van der Waals surface area (Å²) in [5, 5.41) is 3.49. The number of carbonyl (C=O) groups excluding carboxylic acids is 1. The van der Waals surface area contributed by atoms with Gasteiger partial charge in [0.2, 0.25) is 0 Å². The summed E-state index contributed by atoms with van der Waals surface area (Å²) >= 11 is 11.8. The fraction of sp³-hybridized carbons (Fsp3) is 0.0714. The molecule has 2 aromatic carbocycles. The third-order valence-electron chi connectivity index (χ3n) is 2.60. The minimum absolute atomic E-state index is 0.350. The van der Waals surface area contributed by atoms with Crippen LogP contribution < -0.4 is 5.32 Å². The zero-order chi connectivity index (χ0) is 14.0. The molecule has 98 valence electrons. The minimum atomic E-state index is -0.368. The number of anilines is 1. The molecule has 19 heavy (non-hydrogen) atoms. The lowest BCUT2D eigenvalue weighted by atomic mass is 10.1. The van der Waals surface area contributed by atoms with E-state index in [1.165, 1.54) is 18.2 Å². The first-order valence-corrected chi connectivity index (χ1v) is 6.25. The normalized spacial score (nSPS) is 10.3. The SMILES string of the molecule is Cc1cc(C(=O)Nc2cc(Cl)ccc2Cl)ccc1F. The molecule has 0 aliphatic carbocycles. The van der Waals surface area contributed by atoms with Gasteiger partial charge in [0, 0.05) is 10.6 Å². The largest absolute Gasteiger partial charge is 0.321 e. The average molecular weight is 298 g/mol. The van der Waals surface area contributed by atoms with E-state index in [0.717, 1.165) is 0 Å². The number of amides is 1. The van der Waals surface area contributed by atoms with Crippen molar-refractivity contribution in [3.05, 3.63) is 63.4 Å². The molecule has 0 saturated carbocycles.